The lowest BCUT2D eigenvalue weighted by Crippen LogP contribution is -2.13. The predicted molar refractivity (Wildman–Crippen MR) is 73.5 cm³/mol. The molecular formula is C14H19N3O2. The molecule has 1 aromatic carbocycles. The molecule has 1 atom stereocenters. The maximum Gasteiger partial charge on any atom is 0.124 e. The number of hydrogen-bond acceptors (Lipinski definition) is 4. The molecule has 0 fully saturated rings. The fraction of sp³-hybridized carbons (Fsp3) is 0.357. The van der Waals surface area contributed by atoms with Gasteiger partial charge in [-0.1, -0.05) is 0 Å². The summed E-state index contributed by atoms with van der Waals surface area (Å²) >= 11 is 0. The molecule has 0 spiro atoms. The molecule has 2 rings (SSSR count). The minimum absolute atomic E-state index is 0.293. The van der Waals surface area contributed by atoms with Crippen LogP contribution in [0.3, 0.4) is 0 Å². The van der Waals surface area contributed by atoms with Gasteiger partial charge >= 0.3 is 0 Å². The van der Waals surface area contributed by atoms with Gasteiger partial charge in [0.2, 0.25) is 0 Å². The van der Waals surface area contributed by atoms with Crippen LogP contribution in [-0.2, 0) is 7.05 Å². The standard InChI is InChI=1S/C14H19N3O2/c1-9-12(8-17(2)16-9)14(15)11-7-10(18-3)5-6-13(11)19-4/h5-8,14H,15H2,1-4H3. The van der Waals surface area contributed by atoms with Crippen LogP contribution >= 0.6 is 0 Å². The fourth-order valence-electron chi connectivity index (χ4n) is 2.17. The van der Waals surface area contributed by atoms with Gasteiger partial charge in [0.25, 0.3) is 0 Å². The highest BCUT2D eigenvalue weighted by Crippen LogP contribution is 2.32. The zero-order valence-corrected chi connectivity index (χ0v) is 11.7. The second-order valence-corrected chi connectivity index (χ2v) is 4.43. The van der Waals surface area contributed by atoms with E-state index in [4.69, 9.17) is 15.2 Å². The van der Waals surface area contributed by atoms with Gasteiger partial charge in [-0.2, -0.15) is 5.10 Å². The van der Waals surface area contributed by atoms with Gasteiger partial charge in [-0.25, -0.2) is 0 Å². The van der Waals surface area contributed by atoms with Crippen molar-refractivity contribution in [1.29, 1.82) is 0 Å². The lowest BCUT2D eigenvalue weighted by atomic mass is 9.99. The molecular weight excluding hydrogens is 242 g/mol. The normalized spacial score (nSPS) is 12.3. The summed E-state index contributed by atoms with van der Waals surface area (Å²) < 4.78 is 12.4. The largest absolute Gasteiger partial charge is 0.497 e. The fourth-order valence-corrected chi connectivity index (χ4v) is 2.17. The van der Waals surface area contributed by atoms with Crippen LogP contribution in [-0.4, -0.2) is 24.0 Å². The van der Waals surface area contributed by atoms with Crippen molar-refractivity contribution in [1.82, 2.24) is 9.78 Å². The molecule has 0 amide bonds. The molecule has 19 heavy (non-hydrogen) atoms. The zero-order valence-electron chi connectivity index (χ0n) is 11.7. The van der Waals surface area contributed by atoms with Crippen LogP contribution in [0.25, 0.3) is 0 Å². The molecule has 5 nitrogen and oxygen atoms in total. The van der Waals surface area contributed by atoms with Gasteiger partial charge in [-0.15, -0.1) is 0 Å². The molecule has 0 saturated carbocycles. The smallest absolute Gasteiger partial charge is 0.124 e. The van der Waals surface area contributed by atoms with Gasteiger partial charge in [0, 0.05) is 24.4 Å². The van der Waals surface area contributed by atoms with Gasteiger partial charge in [-0.05, 0) is 25.1 Å². The van der Waals surface area contributed by atoms with Crippen molar-refractivity contribution in [2.45, 2.75) is 13.0 Å². The summed E-state index contributed by atoms with van der Waals surface area (Å²) in [5.41, 5.74) is 9.13. The van der Waals surface area contributed by atoms with E-state index in [0.29, 0.717) is 0 Å². The summed E-state index contributed by atoms with van der Waals surface area (Å²) in [5, 5.41) is 4.32. The second-order valence-electron chi connectivity index (χ2n) is 4.43. The maximum absolute atomic E-state index is 6.34. The van der Waals surface area contributed by atoms with Crippen LogP contribution in [0.5, 0.6) is 11.5 Å². The highest BCUT2D eigenvalue weighted by Gasteiger charge is 2.18. The van der Waals surface area contributed by atoms with E-state index in [1.807, 2.05) is 38.4 Å². The number of benzene rings is 1. The minimum Gasteiger partial charge on any atom is -0.497 e. The topological polar surface area (TPSA) is 62.3 Å². The first-order valence-corrected chi connectivity index (χ1v) is 6.04. The Morgan fingerprint density at radius 3 is 2.47 bits per heavy atom. The maximum atomic E-state index is 6.34. The summed E-state index contributed by atoms with van der Waals surface area (Å²) in [4.78, 5) is 0. The molecule has 2 N–H and O–H groups in total. The Morgan fingerprint density at radius 2 is 1.95 bits per heavy atom. The molecule has 0 aliphatic heterocycles. The summed E-state index contributed by atoms with van der Waals surface area (Å²) in [6.45, 7) is 1.95. The van der Waals surface area contributed by atoms with Crippen LogP contribution in [0.15, 0.2) is 24.4 Å². The number of nitrogens with two attached hydrogens (primary N) is 1. The van der Waals surface area contributed by atoms with Crippen LogP contribution in [0.2, 0.25) is 0 Å². The highest BCUT2D eigenvalue weighted by atomic mass is 16.5. The third-order valence-corrected chi connectivity index (χ3v) is 3.16. The van der Waals surface area contributed by atoms with Gasteiger partial charge in [-0.3, -0.25) is 4.68 Å². The Morgan fingerprint density at radius 1 is 1.21 bits per heavy atom. The van der Waals surface area contributed by atoms with E-state index in [9.17, 15) is 0 Å². The van der Waals surface area contributed by atoms with E-state index in [1.165, 1.54) is 0 Å². The molecule has 0 saturated heterocycles. The molecule has 0 aliphatic carbocycles. The summed E-state index contributed by atoms with van der Waals surface area (Å²) in [5.74, 6) is 1.50. The van der Waals surface area contributed by atoms with E-state index >= 15 is 0 Å². The average molecular weight is 261 g/mol. The van der Waals surface area contributed by atoms with Crippen molar-refractivity contribution in [3.63, 3.8) is 0 Å². The second kappa shape index (κ2) is 5.32. The van der Waals surface area contributed by atoms with E-state index in [2.05, 4.69) is 5.10 Å². The van der Waals surface area contributed by atoms with E-state index < -0.39 is 0 Å². The minimum atomic E-state index is -0.293. The van der Waals surface area contributed by atoms with E-state index in [0.717, 1.165) is 28.3 Å². The van der Waals surface area contributed by atoms with Crippen LogP contribution < -0.4 is 15.2 Å². The van der Waals surface area contributed by atoms with Crippen molar-refractivity contribution in [3.8, 4) is 11.5 Å². The van der Waals surface area contributed by atoms with Crippen molar-refractivity contribution in [2.75, 3.05) is 14.2 Å². The summed E-state index contributed by atoms with van der Waals surface area (Å²) in [6, 6.07) is 5.32. The van der Waals surface area contributed by atoms with Gasteiger partial charge in [0.1, 0.15) is 11.5 Å². The number of hydrogen-bond donors (Lipinski definition) is 1. The van der Waals surface area contributed by atoms with Crippen LogP contribution in [0.4, 0.5) is 0 Å². The number of ether oxygens (including phenoxy) is 2. The van der Waals surface area contributed by atoms with Gasteiger partial charge < -0.3 is 15.2 Å². The van der Waals surface area contributed by atoms with Gasteiger partial charge in [0.15, 0.2) is 0 Å². The Hall–Kier alpha value is -2.01. The third-order valence-electron chi connectivity index (χ3n) is 3.16. The van der Waals surface area contributed by atoms with Crippen molar-refractivity contribution >= 4 is 0 Å². The average Bonchev–Trinajstić information content (AvgIpc) is 2.76. The van der Waals surface area contributed by atoms with Crippen molar-refractivity contribution < 1.29 is 9.47 Å². The number of methoxy groups -OCH3 is 2. The first-order valence-electron chi connectivity index (χ1n) is 6.04. The molecule has 2 aromatic rings. The number of nitrogens with zero attached hydrogens (tertiary/aromatic N) is 2. The number of aromatic nitrogens is 2. The highest BCUT2D eigenvalue weighted by molar-refractivity contribution is 5.46. The SMILES string of the molecule is COc1ccc(OC)c(C(N)c2cn(C)nc2C)c1. The molecule has 102 valence electrons. The first kappa shape index (κ1) is 13.4. The monoisotopic (exact) mass is 261 g/mol. The summed E-state index contributed by atoms with van der Waals surface area (Å²) in [7, 11) is 5.15. The Bertz CT molecular complexity index is 578. The van der Waals surface area contributed by atoms with Crippen molar-refractivity contribution in [3.05, 3.63) is 41.2 Å². The molecule has 0 bridgehead atoms. The lowest BCUT2D eigenvalue weighted by molar-refractivity contribution is 0.397. The number of aryl methyl sites for hydroxylation is 2. The van der Waals surface area contributed by atoms with Crippen LogP contribution in [0, 0.1) is 6.92 Å². The molecule has 1 heterocycles. The molecule has 1 aromatic heterocycles. The number of rotatable bonds is 4. The lowest BCUT2D eigenvalue weighted by Gasteiger charge is -2.16. The molecule has 1 unspecified atom stereocenters. The van der Waals surface area contributed by atoms with E-state index in [-0.39, 0.29) is 6.04 Å². The van der Waals surface area contributed by atoms with Gasteiger partial charge in [0.05, 0.1) is 26.0 Å². The molecule has 0 radical (unpaired) electrons. The third kappa shape index (κ3) is 2.56. The zero-order chi connectivity index (χ0) is 14.0. The van der Waals surface area contributed by atoms with Crippen LogP contribution in [0.1, 0.15) is 22.9 Å². The molecule has 5 heteroatoms. The Kier molecular flexibility index (Phi) is 3.76. The molecule has 0 aliphatic rings. The van der Waals surface area contributed by atoms with E-state index in [1.54, 1.807) is 18.9 Å². The first-order chi connectivity index (χ1) is 9.06. The summed E-state index contributed by atoms with van der Waals surface area (Å²) in [6.07, 6.45) is 1.93. The predicted octanol–water partition coefficient (Wildman–Crippen LogP) is 1.79. The van der Waals surface area contributed by atoms with Crippen molar-refractivity contribution in [2.24, 2.45) is 12.8 Å². The Balaban J connectivity index is 2.47. The Labute approximate surface area is 112 Å². The quantitative estimate of drug-likeness (QED) is 0.911.